The maximum Gasteiger partial charge on any atom is 0.247 e. The fourth-order valence-electron chi connectivity index (χ4n) is 4.09. The van der Waals surface area contributed by atoms with Gasteiger partial charge in [-0.05, 0) is 32.1 Å². The van der Waals surface area contributed by atoms with Crippen LogP contribution in [0.3, 0.4) is 0 Å². The van der Waals surface area contributed by atoms with Crippen LogP contribution in [0.15, 0.2) is 12.2 Å². The number of unbranched alkanes of at least 4 members (excludes halogenated alkanes) is 11. The fraction of sp³-hybridized carbons (Fsp3) is 0.875. The zero-order chi connectivity index (χ0) is 20.3. The molecule has 0 aromatic rings. The molecule has 0 saturated carbocycles. The topological polar surface area (TPSA) is 46.7 Å². The summed E-state index contributed by atoms with van der Waals surface area (Å²) in [4.78, 5) is 2.30. The average Bonchev–Trinajstić information content (AvgIpc) is 3.07. The molecule has 1 aliphatic rings. The molecule has 164 valence electrons. The summed E-state index contributed by atoms with van der Waals surface area (Å²) in [6, 6.07) is 0. The Morgan fingerprint density at radius 3 is 2.04 bits per heavy atom. The van der Waals surface area contributed by atoms with Crippen LogP contribution in [-0.2, 0) is 0 Å². The Morgan fingerprint density at radius 1 is 0.821 bits per heavy atom. The van der Waals surface area contributed by atoms with Crippen LogP contribution in [0.5, 0.6) is 0 Å². The Bertz CT molecular complexity index is 421. The third-order valence-corrected chi connectivity index (χ3v) is 5.77. The van der Waals surface area contributed by atoms with Gasteiger partial charge in [-0.25, -0.2) is 0 Å². The molecule has 0 atom stereocenters. The van der Waals surface area contributed by atoms with Gasteiger partial charge in [0.1, 0.15) is 26.2 Å². The van der Waals surface area contributed by atoms with E-state index >= 15 is 0 Å². The Hall–Kier alpha value is -0.870. The molecule has 0 fully saturated rings. The number of hydrogen-bond acceptors (Lipinski definition) is 3. The molecule has 1 aliphatic heterocycles. The highest BCUT2D eigenvalue weighted by molar-refractivity contribution is 5.78. The maximum absolute atomic E-state index is 9.24. The van der Waals surface area contributed by atoms with Crippen molar-refractivity contribution >= 4 is 5.84 Å². The number of aliphatic hydroxyl groups is 2. The zero-order valence-corrected chi connectivity index (χ0v) is 18.6. The highest BCUT2D eigenvalue weighted by Gasteiger charge is 2.28. The van der Waals surface area contributed by atoms with E-state index in [2.05, 4.69) is 28.6 Å². The first-order valence-corrected chi connectivity index (χ1v) is 12.1. The number of nitrogens with zero attached hydrogens (tertiary/aromatic N) is 2. The van der Waals surface area contributed by atoms with Crippen LogP contribution in [0.25, 0.3) is 0 Å². The van der Waals surface area contributed by atoms with E-state index in [0.717, 1.165) is 32.6 Å². The van der Waals surface area contributed by atoms with Crippen molar-refractivity contribution in [3.05, 3.63) is 12.2 Å². The molecule has 0 saturated heterocycles. The summed E-state index contributed by atoms with van der Waals surface area (Å²) in [6.07, 6.45) is 23.1. The highest BCUT2D eigenvalue weighted by atomic mass is 16.3. The van der Waals surface area contributed by atoms with E-state index < -0.39 is 0 Å². The van der Waals surface area contributed by atoms with Crippen LogP contribution in [0.1, 0.15) is 96.8 Å². The van der Waals surface area contributed by atoms with Crippen molar-refractivity contribution in [1.82, 2.24) is 4.90 Å². The van der Waals surface area contributed by atoms with Crippen LogP contribution in [0.4, 0.5) is 0 Å². The Labute approximate surface area is 174 Å². The predicted octanol–water partition coefficient (Wildman–Crippen LogP) is 4.74. The summed E-state index contributed by atoms with van der Waals surface area (Å²) >= 11 is 0. The van der Waals surface area contributed by atoms with Gasteiger partial charge in [0.2, 0.25) is 5.84 Å². The lowest BCUT2D eigenvalue weighted by atomic mass is 10.1. The maximum atomic E-state index is 9.24. The van der Waals surface area contributed by atoms with E-state index in [1.807, 2.05) is 0 Å². The standard InChI is InChI=1S/C24H47N2O2/c1-2-3-4-5-6-7-8-9-10-11-12-13-14-15-16-17-24-25(20-22-27)18-19-26(24)21-23-28/h9-10,27-28H,2-8,11-23H2,1H3/q+1/b10-9-. The van der Waals surface area contributed by atoms with Crippen molar-refractivity contribution in [2.75, 3.05) is 39.4 Å². The number of allylic oxidation sites excluding steroid dienone is 2. The van der Waals surface area contributed by atoms with E-state index in [1.165, 1.54) is 89.3 Å². The van der Waals surface area contributed by atoms with Crippen LogP contribution < -0.4 is 0 Å². The summed E-state index contributed by atoms with van der Waals surface area (Å²) in [5.74, 6) is 1.33. The zero-order valence-electron chi connectivity index (χ0n) is 18.6. The monoisotopic (exact) mass is 395 g/mol. The van der Waals surface area contributed by atoms with Crippen LogP contribution in [-0.4, -0.2) is 64.9 Å². The van der Waals surface area contributed by atoms with Crippen LogP contribution in [0.2, 0.25) is 0 Å². The molecule has 1 heterocycles. The minimum atomic E-state index is 0.211. The summed E-state index contributed by atoms with van der Waals surface area (Å²) < 4.78 is 2.30. The first-order chi connectivity index (χ1) is 13.8. The third-order valence-electron chi connectivity index (χ3n) is 5.77. The van der Waals surface area contributed by atoms with E-state index in [4.69, 9.17) is 0 Å². The lowest BCUT2D eigenvalue weighted by Crippen LogP contribution is -2.32. The van der Waals surface area contributed by atoms with Gasteiger partial charge < -0.3 is 10.2 Å². The molecule has 0 radical (unpaired) electrons. The molecule has 0 aromatic heterocycles. The second kappa shape index (κ2) is 18.2. The Kier molecular flexibility index (Phi) is 16.3. The van der Waals surface area contributed by atoms with Crippen LogP contribution in [0, 0.1) is 0 Å². The van der Waals surface area contributed by atoms with Gasteiger partial charge in [-0.15, -0.1) is 0 Å². The minimum absolute atomic E-state index is 0.211. The third kappa shape index (κ3) is 11.9. The largest absolute Gasteiger partial charge is 0.392 e. The summed E-state index contributed by atoms with van der Waals surface area (Å²) in [5.41, 5.74) is 0. The molecule has 0 spiro atoms. The summed E-state index contributed by atoms with van der Waals surface area (Å²) in [6.45, 7) is 6.12. The van der Waals surface area contributed by atoms with Gasteiger partial charge >= 0.3 is 0 Å². The second-order valence-electron chi connectivity index (χ2n) is 8.17. The smallest absolute Gasteiger partial charge is 0.247 e. The lowest BCUT2D eigenvalue weighted by Gasteiger charge is -2.12. The molecule has 4 nitrogen and oxygen atoms in total. The number of β-amino-alcohol motifs (C(OH)–C–C–N with tert-alkyl or cyclic N) is 2. The summed E-state index contributed by atoms with van der Waals surface area (Å²) in [5, 5.41) is 18.5. The highest BCUT2D eigenvalue weighted by Crippen LogP contribution is 2.13. The quantitative estimate of drug-likeness (QED) is 0.189. The molecular weight excluding hydrogens is 348 g/mol. The van der Waals surface area contributed by atoms with Gasteiger partial charge in [0.05, 0.1) is 13.2 Å². The van der Waals surface area contributed by atoms with E-state index in [1.54, 1.807) is 0 Å². The molecule has 1 rings (SSSR count). The van der Waals surface area contributed by atoms with Crippen molar-refractivity contribution < 1.29 is 14.8 Å². The fourth-order valence-corrected chi connectivity index (χ4v) is 4.09. The van der Waals surface area contributed by atoms with Gasteiger partial charge in [0, 0.05) is 6.42 Å². The molecule has 0 aliphatic carbocycles. The molecule has 0 amide bonds. The molecule has 0 bridgehead atoms. The molecule has 2 N–H and O–H groups in total. The van der Waals surface area contributed by atoms with Crippen molar-refractivity contribution in [3.63, 3.8) is 0 Å². The van der Waals surface area contributed by atoms with Gasteiger partial charge in [-0.3, -0.25) is 9.48 Å². The van der Waals surface area contributed by atoms with Gasteiger partial charge in [0.15, 0.2) is 0 Å². The van der Waals surface area contributed by atoms with Crippen molar-refractivity contribution in [2.45, 2.75) is 96.8 Å². The van der Waals surface area contributed by atoms with Gasteiger partial charge in [-0.2, -0.15) is 0 Å². The number of amidine groups is 1. The molecular formula is C24H47N2O2+. The second-order valence-corrected chi connectivity index (χ2v) is 8.17. The molecule has 0 unspecified atom stereocenters. The normalized spacial score (nSPS) is 14.8. The summed E-state index contributed by atoms with van der Waals surface area (Å²) in [7, 11) is 0. The van der Waals surface area contributed by atoms with E-state index in [-0.39, 0.29) is 13.2 Å². The first-order valence-electron chi connectivity index (χ1n) is 12.1. The Balaban J connectivity index is 1.99. The van der Waals surface area contributed by atoms with Crippen molar-refractivity contribution in [1.29, 1.82) is 0 Å². The Morgan fingerprint density at radius 2 is 1.43 bits per heavy atom. The lowest BCUT2D eigenvalue weighted by molar-refractivity contribution is -0.521. The molecule has 4 heteroatoms. The first kappa shape index (κ1) is 25.2. The van der Waals surface area contributed by atoms with Crippen LogP contribution >= 0.6 is 0 Å². The van der Waals surface area contributed by atoms with Gasteiger partial charge in [-0.1, -0.05) is 70.4 Å². The predicted molar refractivity (Wildman–Crippen MR) is 120 cm³/mol. The number of hydrogen-bond donors (Lipinski definition) is 2. The molecule has 0 aromatic carbocycles. The van der Waals surface area contributed by atoms with Gasteiger partial charge in [0.25, 0.3) is 0 Å². The number of rotatable bonds is 19. The SMILES string of the molecule is CCCCCCCC/C=C\CCCCCCCC1=[N+](CCO)CCN1CCO. The molecule has 28 heavy (non-hydrogen) atoms. The van der Waals surface area contributed by atoms with E-state index in [9.17, 15) is 10.2 Å². The minimum Gasteiger partial charge on any atom is -0.392 e. The van der Waals surface area contributed by atoms with Crippen molar-refractivity contribution in [2.24, 2.45) is 0 Å². The van der Waals surface area contributed by atoms with Crippen molar-refractivity contribution in [3.8, 4) is 0 Å². The number of aliphatic hydroxyl groups excluding tert-OH is 2. The average molecular weight is 396 g/mol. The van der Waals surface area contributed by atoms with E-state index in [0.29, 0.717) is 0 Å².